The van der Waals surface area contributed by atoms with Crippen molar-refractivity contribution in [3.63, 3.8) is 0 Å². The lowest BCUT2D eigenvalue weighted by Crippen LogP contribution is -2.73. The molecule has 1 aromatic rings. The number of amides is 3. The Kier molecular flexibility index (Phi) is 4.23. The van der Waals surface area contributed by atoms with Crippen molar-refractivity contribution in [1.82, 2.24) is 15.1 Å². The Labute approximate surface area is 175 Å². The molecule has 4 fully saturated rings. The highest BCUT2D eigenvalue weighted by Crippen LogP contribution is 2.53. The van der Waals surface area contributed by atoms with Gasteiger partial charge in [0.05, 0.1) is 10.4 Å². The Morgan fingerprint density at radius 3 is 2.47 bits per heavy atom. The van der Waals surface area contributed by atoms with Crippen molar-refractivity contribution in [3.8, 4) is 0 Å². The molecule has 1 aliphatic carbocycles. The van der Waals surface area contributed by atoms with E-state index >= 15 is 0 Å². The number of hydrogen-bond acceptors (Lipinski definition) is 4. The molecule has 0 bridgehead atoms. The van der Waals surface area contributed by atoms with Crippen LogP contribution in [0.15, 0.2) is 23.1 Å². The van der Waals surface area contributed by atoms with Crippen molar-refractivity contribution >= 4 is 21.8 Å². The van der Waals surface area contributed by atoms with E-state index in [0.717, 1.165) is 44.7 Å². The second kappa shape index (κ2) is 6.42. The van der Waals surface area contributed by atoms with Crippen LogP contribution in [-0.2, 0) is 21.1 Å². The number of benzene rings is 1. The molecule has 0 radical (unpaired) electrons. The van der Waals surface area contributed by atoms with Gasteiger partial charge in [0.25, 0.3) is 0 Å². The number of halogens is 1. The van der Waals surface area contributed by atoms with E-state index in [2.05, 4.69) is 5.32 Å². The Morgan fingerprint density at radius 1 is 1.20 bits per heavy atom. The molecule has 0 aromatic heterocycles. The average molecular weight is 436 g/mol. The summed E-state index contributed by atoms with van der Waals surface area (Å²) in [6.07, 6.45) is 4.99. The minimum absolute atomic E-state index is 0.0498. The van der Waals surface area contributed by atoms with Crippen molar-refractivity contribution in [2.75, 3.05) is 32.4 Å². The molecule has 3 heterocycles. The Hall–Kier alpha value is -2.16. The zero-order valence-electron chi connectivity index (χ0n) is 17.0. The highest BCUT2D eigenvalue weighted by molar-refractivity contribution is 7.90. The highest BCUT2D eigenvalue weighted by Gasteiger charge is 2.56. The van der Waals surface area contributed by atoms with Crippen LogP contribution < -0.4 is 5.32 Å². The second-order valence-corrected chi connectivity index (χ2v) is 11.8. The number of likely N-dealkylation sites (tertiary alicyclic amines) is 2. The maximum absolute atomic E-state index is 13.5. The lowest BCUT2D eigenvalue weighted by atomic mass is 9.56. The van der Waals surface area contributed by atoms with Crippen LogP contribution in [0.4, 0.5) is 9.18 Å². The summed E-state index contributed by atoms with van der Waals surface area (Å²) in [4.78, 5) is 27.9. The number of nitrogens with zero attached hydrogens (tertiary/aromatic N) is 2. The van der Waals surface area contributed by atoms with Crippen LogP contribution in [-0.4, -0.2) is 68.1 Å². The van der Waals surface area contributed by atoms with Gasteiger partial charge in [0.2, 0.25) is 5.91 Å². The van der Waals surface area contributed by atoms with Gasteiger partial charge in [0.1, 0.15) is 5.82 Å². The fourth-order valence-corrected chi connectivity index (χ4v) is 6.80. The van der Waals surface area contributed by atoms with Crippen LogP contribution in [0.25, 0.3) is 0 Å². The topological polar surface area (TPSA) is 86.8 Å². The van der Waals surface area contributed by atoms with Crippen molar-refractivity contribution in [1.29, 1.82) is 0 Å². The van der Waals surface area contributed by atoms with Crippen molar-refractivity contribution < 1.29 is 22.4 Å². The molecule has 3 saturated heterocycles. The fourth-order valence-electron chi connectivity index (χ4n) is 5.85. The van der Waals surface area contributed by atoms with Crippen LogP contribution in [0.2, 0.25) is 0 Å². The summed E-state index contributed by atoms with van der Waals surface area (Å²) >= 11 is 0. The molecule has 0 unspecified atom stereocenters. The second-order valence-electron chi connectivity index (χ2n) is 9.83. The first-order valence-electron chi connectivity index (χ1n) is 10.4. The first kappa shape index (κ1) is 19.8. The fraction of sp³-hybridized carbons (Fsp3) is 0.619. The van der Waals surface area contributed by atoms with Crippen LogP contribution in [0.5, 0.6) is 0 Å². The molecule has 5 rings (SSSR count). The minimum Gasteiger partial charge on any atom is -0.347 e. The van der Waals surface area contributed by atoms with Crippen molar-refractivity contribution in [2.24, 2.45) is 11.3 Å². The summed E-state index contributed by atoms with van der Waals surface area (Å²) < 4.78 is 37.5. The number of carbonyl (C=O) groups is 2. The van der Waals surface area contributed by atoms with Gasteiger partial charge in [-0.1, -0.05) is 6.07 Å². The Balaban J connectivity index is 1.12. The lowest BCUT2D eigenvalue weighted by Gasteiger charge is -2.61. The first-order valence-corrected chi connectivity index (χ1v) is 12.3. The molecule has 1 aromatic carbocycles. The van der Waals surface area contributed by atoms with E-state index in [9.17, 15) is 22.4 Å². The predicted molar refractivity (Wildman–Crippen MR) is 107 cm³/mol. The molecule has 7 nitrogen and oxygen atoms in total. The number of nitrogens with one attached hydrogen (secondary N) is 1. The van der Waals surface area contributed by atoms with Gasteiger partial charge >= 0.3 is 6.03 Å². The number of rotatable bonds is 3. The van der Waals surface area contributed by atoms with Gasteiger partial charge in [0, 0.05) is 44.3 Å². The summed E-state index contributed by atoms with van der Waals surface area (Å²) in [5.41, 5.74) is 0.634. The minimum atomic E-state index is -3.47. The molecule has 162 valence electrons. The number of hydrogen-bond donors (Lipinski definition) is 1. The zero-order chi connectivity index (χ0) is 21.3. The zero-order valence-corrected chi connectivity index (χ0v) is 17.8. The van der Waals surface area contributed by atoms with E-state index in [1.807, 2.05) is 9.80 Å². The Morgan fingerprint density at radius 2 is 1.87 bits per heavy atom. The largest absolute Gasteiger partial charge is 0.347 e. The van der Waals surface area contributed by atoms with Gasteiger partial charge < -0.3 is 15.1 Å². The van der Waals surface area contributed by atoms with E-state index in [0.29, 0.717) is 37.4 Å². The molecule has 0 atom stereocenters. The van der Waals surface area contributed by atoms with Crippen LogP contribution in [0.1, 0.15) is 31.2 Å². The predicted octanol–water partition coefficient (Wildman–Crippen LogP) is 1.57. The molecular formula is C21H26FN3O4S. The molecular weight excluding hydrogens is 409 g/mol. The smallest absolute Gasteiger partial charge is 0.320 e. The third-order valence-corrected chi connectivity index (χ3v) is 8.38. The molecule has 3 aliphatic heterocycles. The molecule has 4 aliphatic rings. The van der Waals surface area contributed by atoms with Gasteiger partial charge in [-0.15, -0.1) is 0 Å². The SMILES string of the molecule is CS(=O)(=O)c1cc(F)ccc1CC1CC2(C1)CN(C(=O)N1CC3(CCC(=O)N3)C1)C2. The van der Waals surface area contributed by atoms with E-state index < -0.39 is 15.7 Å². The summed E-state index contributed by atoms with van der Waals surface area (Å²) in [7, 11) is -3.47. The van der Waals surface area contributed by atoms with Crippen molar-refractivity contribution in [2.45, 2.75) is 42.5 Å². The maximum Gasteiger partial charge on any atom is 0.320 e. The maximum atomic E-state index is 13.5. The monoisotopic (exact) mass is 435 g/mol. The van der Waals surface area contributed by atoms with Crippen LogP contribution in [0, 0.1) is 17.2 Å². The van der Waals surface area contributed by atoms with E-state index in [4.69, 9.17) is 0 Å². The summed E-state index contributed by atoms with van der Waals surface area (Å²) in [5, 5.41) is 3.00. The summed E-state index contributed by atoms with van der Waals surface area (Å²) in [5.74, 6) is -0.109. The molecule has 3 amide bonds. The Bertz CT molecular complexity index is 1020. The van der Waals surface area contributed by atoms with Gasteiger partial charge in [-0.05, 0) is 49.3 Å². The number of sulfone groups is 1. The van der Waals surface area contributed by atoms with Gasteiger partial charge in [-0.25, -0.2) is 17.6 Å². The third kappa shape index (κ3) is 3.27. The quantitative estimate of drug-likeness (QED) is 0.781. The van der Waals surface area contributed by atoms with Crippen LogP contribution >= 0.6 is 0 Å². The molecule has 2 spiro atoms. The summed E-state index contributed by atoms with van der Waals surface area (Å²) in [6.45, 7) is 2.67. The van der Waals surface area contributed by atoms with Crippen molar-refractivity contribution in [3.05, 3.63) is 29.6 Å². The highest BCUT2D eigenvalue weighted by atomic mass is 32.2. The molecule has 1 saturated carbocycles. The molecule has 9 heteroatoms. The third-order valence-electron chi connectivity index (χ3n) is 7.20. The number of urea groups is 1. The van der Waals surface area contributed by atoms with Crippen LogP contribution in [0.3, 0.4) is 0 Å². The van der Waals surface area contributed by atoms with Gasteiger partial charge in [-0.2, -0.15) is 0 Å². The van der Waals surface area contributed by atoms with Gasteiger partial charge in [0.15, 0.2) is 9.84 Å². The first-order chi connectivity index (χ1) is 14.1. The molecule has 1 N–H and O–H groups in total. The summed E-state index contributed by atoms with van der Waals surface area (Å²) in [6, 6.07) is 4.05. The van der Waals surface area contributed by atoms with E-state index in [-0.39, 0.29) is 27.8 Å². The van der Waals surface area contributed by atoms with E-state index in [1.165, 1.54) is 6.07 Å². The van der Waals surface area contributed by atoms with Gasteiger partial charge in [-0.3, -0.25) is 4.79 Å². The standard InChI is InChI=1S/C21H26FN3O4S/c1-30(28,29)17-7-16(22)3-2-15(17)6-14-8-20(9-14)10-24(11-20)19(27)25-12-21(13-25)5-4-18(26)23-21/h2-3,7,14H,4-6,8-13H2,1H3,(H,23,26). The molecule has 30 heavy (non-hydrogen) atoms. The normalized spacial score (nSPS) is 24.4. The lowest BCUT2D eigenvalue weighted by molar-refractivity contribution is -0.120. The van der Waals surface area contributed by atoms with E-state index in [1.54, 1.807) is 6.07 Å². The number of carbonyl (C=O) groups excluding carboxylic acids is 2. The average Bonchev–Trinajstić information content (AvgIpc) is 2.96.